The van der Waals surface area contributed by atoms with Gasteiger partial charge in [0.2, 0.25) is 0 Å². The number of halogens is 3. The number of ketones is 1. The van der Waals surface area contributed by atoms with Gasteiger partial charge in [0.25, 0.3) is 5.91 Å². The summed E-state index contributed by atoms with van der Waals surface area (Å²) in [5.41, 5.74) is 1.43. The van der Waals surface area contributed by atoms with E-state index < -0.39 is 29.2 Å². The van der Waals surface area contributed by atoms with Crippen molar-refractivity contribution < 1.29 is 28.0 Å². The number of anilines is 1. The number of aryl methyl sites for hydroxylation is 1. The van der Waals surface area contributed by atoms with Crippen LogP contribution in [0.25, 0.3) is 0 Å². The number of pyridine rings is 1. The number of allylic oxidation sites excluding steroid dienone is 2. The number of esters is 1. The summed E-state index contributed by atoms with van der Waals surface area (Å²) in [5.74, 6) is -1.59. The predicted octanol–water partition coefficient (Wildman–Crippen LogP) is 5.88. The van der Waals surface area contributed by atoms with Gasteiger partial charge in [0.1, 0.15) is 6.04 Å². The van der Waals surface area contributed by atoms with Crippen LogP contribution in [0.1, 0.15) is 59.5 Å². The average molecular weight is 679 g/mol. The molecule has 2 aliphatic carbocycles. The smallest absolute Gasteiger partial charge is 0.456 e. The number of carbonyl (C=O) groups excluding carboxylic acids is 3. The topological polar surface area (TPSA) is 141 Å². The molecule has 1 atom stereocenters. The zero-order valence-electron chi connectivity index (χ0n) is 22.4. The van der Waals surface area contributed by atoms with Crippen molar-refractivity contribution in [2.45, 2.75) is 58.1 Å². The Balaban J connectivity index is 1.33. The van der Waals surface area contributed by atoms with Crippen LogP contribution < -0.4 is 16.5 Å². The molecule has 10 nitrogen and oxygen atoms in total. The van der Waals surface area contributed by atoms with E-state index >= 15 is 0 Å². The fraction of sp³-hybridized carbons (Fsp3) is 0.345. The van der Waals surface area contributed by atoms with Crippen LogP contribution in [-0.2, 0) is 27.4 Å². The molecule has 220 valence electrons. The molecule has 5 rings (SSSR count). The van der Waals surface area contributed by atoms with Crippen LogP contribution in [-0.4, -0.2) is 28.7 Å². The van der Waals surface area contributed by atoms with E-state index in [0.29, 0.717) is 28.7 Å². The Morgan fingerprint density at radius 1 is 1.07 bits per heavy atom. The molecule has 2 aromatic heterocycles. The number of benzene rings is 1. The highest BCUT2D eigenvalue weighted by atomic mass is 79.9. The summed E-state index contributed by atoms with van der Waals surface area (Å²) in [6.07, 6.45) is 7.21. The Labute approximate surface area is 258 Å². The van der Waals surface area contributed by atoms with E-state index in [1.54, 1.807) is 24.3 Å². The number of nitrogens with zero attached hydrogens (tertiary/aromatic N) is 1. The van der Waals surface area contributed by atoms with Crippen LogP contribution in [0.15, 0.2) is 60.5 Å². The number of carbonyl (C=O) groups is 3. The lowest BCUT2D eigenvalue weighted by atomic mass is 9.62. The fourth-order valence-electron chi connectivity index (χ4n) is 5.31. The maximum absolute atomic E-state index is 13.4. The minimum atomic E-state index is -0.879. The molecule has 42 heavy (non-hydrogen) atoms. The van der Waals surface area contributed by atoms with E-state index in [1.165, 1.54) is 19.3 Å². The van der Waals surface area contributed by atoms with Crippen LogP contribution in [0, 0.1) is 12.3 Å². The summed E-state index contributed by atoms with van der Waals surface area (Å²) in [6.45, 7) is 1.25. The van der Waals surface area contributed by atoms with Crippen molar-refractivity contribution in [2.24, 2.45) is 5.41 Å². The van der Waals surface area contributed by atoms with Crippen LogP contribution in [0.5, 0.6) is 0 Å². The molecular formula is C29H26BrCl2N3O7. The van der Waals surface area contributed by atoms with Crippen LogP contribution in [0.4, 0.5) is 5.69 Å². The van der Waals surface area contributed by atoms with E-state index in [1.807, 2.05) is 0 Å². The first-order valence-corrected chi connectivity index (χ1v) is 14.8. The first kappa shape index (κ1) is 30.1. The van der Waals surface area contributed by atoms with Crippen molar-refractivity contribution in [3.8, 4) is 0 Å². The number of rotatable bonds is 9. The number of hydrogen-bond acceptors (Lipinski definition) is 9. The standard InChI is InChI=1S/C29H26BrCl2N3O7/c1-15-21(42-28(39)41-15)14-40-27(38)20(35-24-23(30)25(36)29(24)9-3-2-4-10-29)11-16-5-7-17(8-6-16)34-26(37)22-18(31)12-33-13-19(22)32/h5-8,12-13,20,35H,2-4,9-11,14H2,1H3,(H,34,37)/t20-/m0/s1. The minimum absolute atomic E-state index is 0.0436. The largest absolute Gasteiger partial charge is 0.519 e. The summed E-state index contributed by atoms with van der Waals surface area (Å²) in [5, 5.41) is 6.30. The number of hydrogen-bond donors (Lipinski definition) is 2. The molecule has 0 saturated heterocycles. The third-order valence-corrected chi connectivity index (χ3v) is 8.89. The van der Waals surface area contributed by atoms with E-state index in [-0.39, 0.29) is 45.9 Å². The number of aromatic nitrogens is 1. The second-order valence-electron chi connectivity index (χ2n) is 10.2. The summed E-state index contributed by atoms with van der Waals surface area (Å²) >= 11 is 15.6. The van der Waals surface area contributed by atoms with Gasteiger partial charge in [-0.2, -0.15) is 0 Å². The first-order chi connectivity index (χ1) is 20.1. The average Bonchev–Trinajstić information content (AvgIpc) is 3.30. The number of ether oxygens (including phenoxy) is 1. The molecule has 0 unspecified atom stereocenters. The lowest BCUT2D eigenvalue weighted by Crippen LogP contribution is -2.53. The lowest BCUT2D eigenvalue weighted by Gasteiger charge is -2.46. The Kier molecular flexibility index (Phi) is 8.91. The Hall–Kier alpha value is -3.41. The van der Waals surface area contributed by atoms with Gasteiger partial charge < -0.3 is 24.2 Å². The van der Waals surface area contributed by atoms with Crippen molar-refractivity contribution in [1.82, 2.24) is 10.3 Å². The van der Waals surface area contributed by atoms with Gasteiger partial charge in [-0.1, -0.05) is 54.6 Å². The molecule has 0 radical (unpaired) electrons. The van der Waals surface area contributed by atoms with E-state index in [0.717, 1.165) is 24.8 Å². The Morgan fingerprint density at radius 2 is 1.74 bits per heavy atom. The number of nitrogens with one attached hydrogen (secondary N) is 2. The zero-order valence-corrected chi connectivity index (χ0v) is 25.5. The highest BCUT2D eigenvalue weighted by molar-refractivity contribution is 9.12. The van der Waals surface area contributed by atoms with Gasteiger partial charge in [-0.3, -0.25) is 14.6 Å². The quantitative estimate of drug-likeness (QED) is 0.266. The van der Waals surface area contributed by atoms with Gasteiger partial charge in [0.05, 0.1) is 25.5 Å². The molecule has 13 heteroatoms. The maximum atomic E-state index is 13.4. The van der Waals surface area contributed by atoms with Gasteiger partial charge in [-0.15, -0.1) is 0 Å². The molecular weight excluding hydrogens is 653 g/mol. The summed E-state index contributed by atoms with van der Waals surface area (Å²) in [4.78, 5) is 54.3. The van der Waals surface area contributed by atoms with Crippen molar-refractivity contribution in [2.75, 3.05) is 5.32 Å². The molecule has 1 saturated carbocycles. The summed E-state index contributed by atoms with van der Waals surface area (Å²) in [7, 11) is 0. The van der Waals surface area contributed by atoms with Crippen LogP contribution in [0.2, 0.25) is 10.0 Å². The summed E-state index contributed by atoms with van der Waals surface area (Å²) < 4.78 is 15.7. The highest BCUT2D eigenvalue weighted by Gasteiger charge is 2.53. The van der Waals surface area contributed by atoms with Crippen molar-refractivity contribution >= 4 is 62.5 Å². The molecule has 0 bridgehead atoms. The summed E-state index contributed by atoms with van der Waals surface area (Å²) in [6, 6.07) is 6.03. The fourth-order valence-corrected chi connectivity index (χ4v) is 6.72. The molecule has 2 aliphatic rings. The maximum Gasteiger partial charge on any atom is 0.519 e. The molecule has 1 fully saturated rings. The van der Waals surface area contributed by atoms with Crippen molar-refractivity contribution in [1.29, 1.82) is 0 Å². The molecule has 1 amide bonds. The van der Waals surface area contributed by atoms with Gasteiger partial charge in [-0.05, 0) is 53.4 Å². The molecule has 2 heterocycles. The number of Topliss-reactive ketones (excluding diaryl/α,β-unsaturated/α-hetero) is 1. The van der Waals surface area contributed by atoms with E-state index in [9.17, 15) is 19.2 Å². The predicted molar refractivity (Wildman–Crippen MR) is 158 cm³/mol. The first-order valence-electron chi connectivity index (χ1n) is 13.3. The van der Waals surface area contributed by atoms with Crippen molar-refractivity contribution in [3.05, 3.63) is 90.1 Å². The van der Waals surface area contributed by atoms with E-state index in [2.05, 4.69) is 31.5 Å². The van der Waals surface area contributed by atoms with E-state index in [4.69, 9.17) is 36.8 Å². The Bertz CT molecular complexity index is 1600. The molecule has 0 aliphatic heterocycles. The molecule has 3 aromatic rings. The lowest BCUT2D eigenvalue weighted by molar-refractivity contribution is -0.148. The van der Waals surface area contributed by atoms with Crippen LogP contribution >= 0.6 is 39.1 Å². The monoisotopic (exact) mass is 677 g/mol. The Morgan fingerprint density at radius 3 is 2.36 bits per heavy atom. The molecule has 1 aromatic carbocycles. The van der Waals surface area contributed by atoms with Gasteiger partial charge in [-0.25, -0.2) is 9.59 Å². The van der Waals surface area contributed by atoms with Crippen molar-refractivity contribution in [3.63, 3.8) is 0 Å². The third kappa shape index (κ3) is 6.04. The molecule has 2 N–H and O–H groups in total. The minimum Gasteiger partial charge on any atom is -0.456 e. The third-order valence-electron chi connectivity index (χ3n) is 7.56. The van der Waals surface area contributed by atoms with Crippen LogP contribution in [0.3, 0.4) is 0 Å². The second-order valence-corrected chi connectivity index (χ2v) is 11.8. The second kappa shape index (κ2) is 12.4. The normalized spacial score (nSPS) is 16.6. The number of amides is 1. The van der Waals surface area contributed by atoms with Gasteiger partial charge >= 0.3 is 11.8 Å². The zero-order chi connectivity index (χ0) is 30.0. The van der Waals surface area contributed by atoms with Gasteiger partial charge in [0, 0.05) is 30.2 Å². The molecule has 1 spiro atoms. The highest BCUT2D eigenvalue weighted by Crippen LogP contribution is 2.53. The van der Waals surface area contributed by atoms with Gasteiger partial charge in [0.15, 0.2) is 23.9 Å². The SMILES string of the molecule is Cc1oc(=O)oc1COC(=O)[C@H](Cc1ccc(NC(=O)c2c(Cl)cncc2Cl)cc1)NC1=C(Br)C(=O)C12CCCCC2.